The van der Waals surface area contributed by atoms with Crippen LogP contribution in [0.15, 0.2) is 38.6 Å². The largest absolute Gasteiger partial charge is 0.456 e. The van der Waals surface area contributed by atoms with Gasteiger partial charge in [-0.1, -0.05) is 26.0 Å². The molecule has 0 unspecified atom stereocenters. The fraction of sp³-hybridized carbons (Fsp3) is 0.381. The number of esters is 1. The third kappa shape index (κ3) is 4.01. The van der Waals surface area contributed by atoms with Crippen LogP contribution in [0, 0.1) is 5.92 Å². The first kappa shape index (κ1) is 22.8. The van der Waals surface area contributed by atoms with Gasteiger partial charge in [-0.15, -0.1) is 0 Å². The molecule has 0 aliphatic rings. The minimum Gasteiger partial charge on any atom is -0.456 e. The average molecular weight is 443 g/mol. The maximum absolute atomic E-state index is 12.7. The number of carbonyl (C=O) groups is 2. The number of Topliss-reactive ketones (excluding diaryl/α,β-unsaturated/α-hetero) is 1. The van der Waals surface area contributed by atoms with Crippen LogP contribution in [0.4, 0.5) is 5.82 Å². The van der Waals surface area contributed by atoms with Gasteiger partial charge in [0.05, 0.1) is 11.0 Å². The van der Waals surface area contributed by atoms with Gasteiger partial charge in [-0.05, 0) is 18.1 Å². The molecule has 0 amide bonds. The number of aromatic nitrogens is 4. The smallest absolute Gasteiger partial charge is 0.332 e. The summed E-state index contributed by atoms with van der Waals surface area (Å²) in [5, 5.41) is 0. The van der Waals surface area contributed by atoms with Crippen molar-refractivity contribution in [1.82, 2.24) is 18.3 Å². The molecule has 170 valence electrons. The van der Waals surface area contributed by atoms with E-state index in [1.165, 1.54) is 16.2 Å². The third-order valence-corrected chi connectivity index (χ3v) is 5.11. The van der Waals surface area contributed by atoms with E-state index in [4.69, 9.17) is 10.5 Å². The Hall–Kier alpha value is -3.89. The number of nitrogens with zero attached hydrogens (tertiary/aromatic N) is 4. The maximum atomic E-state index is 12.7. The standard InChI is InChI=1S/C21H25N5O6/c1-12(2)9-26-18(22)17(19(29)24(4)21(26)31)15(27)11-32-16(28)10-25-14-8-6-5-7-13(14)23(3)20(25)30/h5-8,12H,9-11,22H2,1-4H3. The summed E-state index contributed by atoms with van der Waals surface area (Å²) >= 11 is 0. The summed E-state index contributed by atoms with van der Waals surface area (Å²) in [5.41, 5.74) is 4.83. The van der Waals surface area contributed by atoms with Gasteiger partial charge in [0.2, 0.25) is 5.78 Å². The van der Waals surface area contributed by atoms with Gasteiger partial charge in [-0.3, -0.25) is 32.7 Å². The number of ether oxygens (including phenoxy) is 1. The average Bonchev–Trinajstić information content (AvgIpc) is 2.99. The first-order valence-corrected chi connectivity index (χ1v) is 9.97. The van der Waals surface area contributed by atoms with E-state index in [2.05, 4.69) is 0 Å². The molecule has 2 N–H and O–H groups in total. The summed E-state index contributed by atoms with van der Waals surface area (Å²) in [6.45, 7) is 2.76. The molecule has 0 atom stereocenters. The van der Waals surface area contributed by atoms with E-state index in [-0.39, 0.29) is 18.3 Å². The van der Waals surface area contributed by atoms with Crippen LogP contribution < -0.4 is 22.7 Å². The number of para-hydroxylation sites is 2. The van der Waals surface area contributed by atoms with Crippen molar-refractivity contribution >= 4 is 28.6 Å². The minimum absolute atomic E-state index is 0.0345. The quantitative estimate of drug-likeness (QED) is 0.396. The summed E-state index contributed by atoms with van der Waals surface area (Å²) in [6, 6.07) is 6.94. The highest BCUT2D eigenvalue weighted by Crippen LogP contribution is 2.12. The van der Waals surface area contributed by atoms with Gasteiger partial charge < -0.3 is 10.5 Å². The highest BCUT2D eigenvalue weighted by atomic mass is 16.5. The van der Waals surface area contributed by atoms with E-state index in [1.54, 1.807) is 31.3 Å². The zero-order valence-corrected chi connectivity index (χ0v) is 18.3. The number of anilines is 1. The van der Waals surface area contributed by atoms with Crippen LogP contribution in [-0.4, -0.2) is 36.6 Å². The molecular formula is C21H25N5O6. The van der Waals surface area contributed by atoms with Crippen molar-refractivity contribution < 1.29 is 14.3 Å². The second kappa shape index (κ2) is 8.69. The number of benzene rings is 1. The third-order valence-electron chi connectivity index (χ3n) is 5.11. The topological polar surface area (TPSA) is 140 Å². The first-order chi connectivity index (χ1) is 15.0. The Kier molecular flexibility index (Phi) is 6.19. The second-order valence-corrected chi connectivity index (χ2v) is 7.91. The molecule has 11 nitrogen and oxygen atoms in total. The molecule has 2 heterocycles. The van der Waals surface area contributed by atoms with Gasteiger partial charge >= 0.3 is 17.3 Å². The highest BCUT2D eigenvalue weighted by molar-refractivity contribution is 6.01. The molecule has 0 bridgehead atoms. The number of nitrogen functional groups attached to an aromatic ring is 1. The van der Waals surface area contributed by atoms with Crippen molar-refractivity contribution in [2.24, 2.45) is 20.0 Å². The molecule has 1 aromatic carbocycles. The van der Waals surface area contributed by atoms with Crippen LogP contribution in [0.3, 0.4) is 0 Å². The number of carbonyl (C=O) groups excluding carboxylic acids is 2. The number of rotatable bonds is 7. The number of aryl methyl sites for hydroxylation is 1. The molecule has 2 aromatic heterocycles. The SMILES string of the molecule is CC(C)Cn1c(N)c(C(=O)COC(=O)Cn2c(=O)n(C)c3ccccc32)c(=O)n(C)c1=O. The Morgan fingerprint density at radius 2 is 1.56 bits per heavy atom. The number of fused-ring (bicyclic) bond motifs is 1. The highest BCUT2D eigenvalue weighted by Gasteiger charge is 2.23. The van der Waals surface area contributed by atoms with Crippen molar-refractivity contribution in [2.75, 3.05) is 12.3 Å². The Morgan fingerprint density at radius 1 is 0.969 bits per heavy atom. The Labute approximate surface area is 182 Å². The normalized spacial score (nSPS) is 11.3. The number of ketones is 1. The van der Waals surface area contributed by atoms with Gasteiger partial charge in [0, 0.05) is 20.6 Å². The zero-order valence-electron chi connectivity index (χ0n) is 18.3. The van der Waals surface area contributed by atoms with Gasteiger partial charge in [0.1, 0.15) is 17.9 Å². The molecule has 3 aromatic rings. The monoisotopic (exact) mass is 443 g/mol. The van der Waals surface area contributed by atoms with Crippen LogP contribution in [0.5, 0.6) is 0 Å². The molecule has 0 saturated carbocycles. The van der Waals surface area contributed by atoms with Gasteiger partial charge in [0.25, 0.3) is 5.56 Å². The van der Waals surface area contributed by atoms with Gasteiger partial charge in [-0.2, -0.15) is 0 Å². The molecule has 0 aliphatic heterocycles. The lowest BCUT2D eigenvalue weighted by Crippen LogP contribution is -2.43. The van der Waals surface area contributed by atoms with E-state index < -0.39 is 47.4 Å². The second-order valence-electron chi connectivity index (χ2n) is 7.91. The van der Waals surface area contributed by atoms with Crippen molar-refractivity contribution in [2.45, 2.75) is 26.9 Å². The van der Waals surface area contributed by atoms with Crippen LogP contribution in [0.1, 0.15) is 24.2 Å². The number of hydrogen-bond donors (Lipinski definition) is 1. The fourth-order valence-electron chi connectivity index (χ4n) is 3.50. The summed E-state index contributed by atoms with van der Waals surface area (Å²) in [6.07, 6.45) is 0. The van der Waals surface area contributed by atoms with Gasteiger partial charge in [0.15, 0.2) is 6.61 Å². The first-order valence-electron chi connectivity index (χ1n) is 9.97. The molecule has 0 spiro atoms. The van der Waals surface area contributed by atoms with Crippen molar-refractivity contribution in [3.8, 4) is 0 Å². The van der Waals surface area contributed by atoms with E-state index >= 15 is 0 Å². The van der Waals surface area contributed by atoms with Gasteiger partial charge in [-0.25, -0.2) is 9.59 Å². The van der Waals surface area contributed by atoms with E-state index in [9.17, 15) is 24.0 Å². The Balaban J connectivity index is 1.83. The molecule has 32 heavy (non-hydrogen) atoms. The Bertz CT molecular complexity index is 1390. The molecule has 0 saturated heterocycles. The van der Waals surface area contributed by atoms with Crippen molar-refractivity contribution in [3.05, 3.63) is 61.2 Å². The lowest BCUT2D eigenvalue weighted by atomic mass is 10.1. The molecule has 0 fully saturated rings. The zero-order chi connectivity index (χ0) is 23.7. The van der Waals surface area contributed by atoms with Crippen LogP contribution in [-0.2, 0) is 36.7 Å². The lowest BCUT2D eigenvalue weighted by Gasteiger charge is -2.16. The fourth-order valence-corrected chi connectivity index (χ4v) is 3.50. The summed E-state index contributed by atoms with van der Waals surface area (Å²) in [4.78, 5) is 62.3. The van der Waals surface area contributed by atoms with Crippen LogP contribution in [0.25, 0.3) is 11.0 Å². The summed E-state index contributed by atoms with van der Waals surface area (Å²) < 4.78 is 9.61. The van der Waals surface area contributed by atoms with E-state index in [1.807, 2.05) is 13.8 Å². The van der Waals surface area contributed by atoms with Crippen molar-refractivity contribution in [1.29, 1.82) is 0 Å². The minimum atomic E-state index is -0.862. The summed E-state index contributed by atoms with van der Waals surface area (Å²) in [5.74, 6) is -1.90. The predicted octanol–water partition coefficient (Wildman–Crippen LogP) is -0.135. The molecular weight excluding hydrogens is 418 g/mol. The number of nitrogens with two attached hydrogens (primary N) is 1. The molecule has 3 rings (SSSR count). The Morgan fingerprint density at radius 3 is 2.19 bits per heavy atom. The van der Waals surface area contributed by atoms with Crippen LogP contribution in [0.2, 0.25) is 0 Å². The maximum Gasteiger partial charge on any atom is 0.332 e. The predicted molar refractivity (Wildman–Crippen MR) is 118 cm³/mol. The van der Waals surface area contributed by atoms with E-state index in [0.717, 1.165) is 9.13 Å². The van der Waals surface area contributed by atoms with Crippen LogP contribution >= 0.6 is 0 Å². The molecule has 0 aliphatic carbocycles. The summed E-state index contributed by atoms with van der Waals surface area (Å²) in [7, 11) is 2.83. The lowest BCUT2D eigenvalue weighted by molar-refractivity contribution is -0.143. The number of imidazole rings is 1. The number of hydrogen-bond acceptors (Lipinski definition) is 7. The van der Waals surface area contributed by atoms with Crippen molar-refractivity contribution in [3.63, 3.8) is 0 Å². The molecule has 11 heteroatoms. The molecule has 0 radical (unpaired) electrons. The van der Waals surface area contributed by atoms with E-state index in [0.29, 0.717) is 11.0 Å².